The number of benzene rings is 3. The molecule has 3 rings (SSSR count). The lowest BCUT2D eigenvalue weighted by molar-refractivity contribution is -0.115. The van der Waals surface area contributed by atoms with Crippen LogP contribution in [-0.4, -0.2) is 34.7 Å². The molecule has 0 saturated carbocycles. The molecule has 3 aromatic rings. The van der Waals surface area contributed by atoms with E-state index in [0.717, 1.165) is 4.90 Å². The first-order valence-corrected chi connectivity index (χ1v) is 11.2. The van der Waals surface area contributed by atoms with Gasteiger partial charge in [0.2, 0.25) is 5.91 Å². The summed E-state index contributed by atoms with van der Waals surface area (Å²) in [6.07, 6.45) is 0. The maximum atomic E-state index is 12.6. The number of hydrogen-bond donors (Lipinski definition) is 3. The second-order valence-electron chi connectivity index (χ2n) is 7.01. The Hall–Kier alpha value is -3.78. The molecule has 0 fully saturated rings. The van der Waals surface area contributed by atoms with E-state index in [0.29, 0.717) is 23.7 Å². The lowest BCUT2D eigenvalue weighted by atomic mass is 10.1. The summed E-state index contributed by atoms with van der Waals surface area (Å²) in [6.45, 7) is 4.19. The Morgan fingerprint density at radius 3 is 2.21 bits per heavy atom. The number of thioether (sulfide) groups is 1. The molecular formula is C25H24N2O5S. The molecular weight excluding hydrogens is 440 g/mol. The van der Waals surface area contributed by atoms with E-state index in [1.807, 2.05) is 26.0 Å². The highest BCUT2D eigenvalue weighted by Crippen LogP contribution is 2.28. The minimum Gasteiger partial charge on any atom is -0.492 e. The van der Waals surface area contributed by atoms with Gasteiger partial charge in [-0.1, -0.05) is 24.3 Å². The van der Waals surface area contributed by atoms with Gasteiger partial charge in [0, 0.05) is 10.6 Å². The van der Waals surface area contributed by atoms with Gasteiger partial charge in [0.1, 0.15) is 5.75 Å². The molecule has 0 aliphatic carbocycles. The van der Waals surface area contributed by atoms with Crippen LogP contribution in [-0.2, 0) is 4.79 Å². The average Bonchev–Trinajstić information content (AvgIpc) is 2.81. The van der Waals surface area contributed by atoms with Crippen LogP contribution < -0.4 is 15.4 Å². The highest BCUT2D eigenvalue weighted by atomic mass is 32.2. The van der Waals surface area contributed by atoms with E-state index in [-0.39, 0.29) is 22.3 Å². The molecule has 0 aliphatic heterocycles. The van der Waals surface area contributed by atoms with Crippen molar-refractivity contribution in [2.24, 2.45) is 0 Å². The van der Waals surface area contributed by atoms with E-state index in [9.17, 15) is 19.5 Å². The summed E-state index contributed by atoms with van der Waals surface area (Å²) < 4.78 is 5.54. The van der Waals surface area contributed by atoms with E-state index < -0.39 is 11.9 Å². The molecule has 0 bridgehead atoms. The Kier molecular flexibility index (Phi) is 8.10. The number of rotatable bonds is 9. The fourth-order valence-corrected chi connectivity index (χ4v) is 3.89. The fraction of sp³-hybridized carbons (Fsp3) is 0.160. The van der Waals surface area contributed by atoms with Crippen LogP contribution in [0.25, 0.3) is 0 Å². The highest BCUT2D eigenvalue weighted by molar-refractivity contribution is 8.00. The molecule has 3 aromatic carbocycles. The van der Waals surface area contributed by atoms with Gasteiger partial charge in [-0.25, -0.2) is 4.79 Å². The second-order valence-corrected chi connectivity index (χ2v) is 8.42. The number of hydrogen-bond acceptors (Lipinski definition) is 5. The Morgan fingerprint density at radius 2 is 1.55 bits per heavy atom. The van der Waals surface area contributed by atoms with Crippen molar-refractivity contribution < 1.29 is 24.2 Å². The van der Waals surface area contributed by atoms with Crippen LogP contribution >= 0.6 is 11.8 Å². The molecule has 1 unspecified atom stereocenters. The van der Waals surface area contributed by atoms with Crippen molar-refractivity contribution in [1.29, 1.82) is 0 Å². The van der Waals surface area contributed by atoms with E-state index in [1.165, 1.54) is 23.9 Å². The van der Waals surface area contributed by atoms with Crippen LogP contribution in [0, 0.1) is 0 Å². The van der Waals surface area contributed by atoms with E-state index in [1.54, 1.807) is 48.5 Å². The van der Waals surface area contributed by atoms with Gasteiger partial charge in [-0.2, -0.15) is 0 Å². The first kappa shape index (κ1) is 23.9. The first-order chi connectivity index (χ1) is 15.9. The van der Waals surface area contributed by atoms with Gasteiger partial charge in [-0.15, -0.1) is 11.8 Å². The molecule has 0 aromatic heterocycles. The molecule has 0 saturated heterocycles. The molecule has 0 spiro atoms. The van der Waals surface area contributed by atoms with Gasteiger partial charge in [-0.3, -0.25) is 9.59 Å². The summed E-state index contributed by atoms with van der Waals surface area (Å²) in [5.74, 6) is -1.21. The number of amides is 2. The third-order valence-electron chi connectivity index (χ3n) is 4.64. The van der Waals surface area contributed by atoms with Gasteiger partial charge in [0.25, 0.3) is 5.91 Å². The minimum atomic E-state index is -1.16. The van der Waals surface area contributed by atoms with Crippen LogP contribution in [0.3, 0.4) is 0 Å². The molecule has 2 amide bonds. The fourth-order valence-electron chi connectivity index (χ4n) is 3.03. The van der Waals surface area contributed by atoms with Gasteiger partial charge >= 0.3 is 5.97 Å². The lowest BCUT2D eigenvalue weighted by Gasteiger charge is -2.15. The maximum Gasteiger partial charge on any atom is 0.336 e. The number of carboxylic acid groups (broad SMARTS) is 1. The molecule has 7 nitrogen and oxygen atoms in total. The largest absolute Gasteiger partial charge is 0.492 e. The van der Waals surface area contributed by atoms with Crippen molar-refractivity contribution >= 4 is 40.9 Å². The lowest BCUT2D eigenvalue weighted by Crippen LogP contribution is -2.22. The van der Waals surface area contributed by atoms with Gasteiger partial charge in [0.05, 0.1) is 28.7 Å². The Labute approximate surface area is 196 Å². The molecule has 170 valence electrons. The minimum absolute atomic E-state index is 0.0621. The zero-order valence-electron chi connectivity index (χ0n) is 18.2. The Bertz CT molecular complexity index is 1150. The van der Waals surface area contributed by atoms with Crippen molar-refractivity contribution in [2.75, 3.05) is 17.2 Å². The van der Waals surface area contributed by atoms with Crippen molar-refractivity contribution in [2.45, 2.75) is 24.0 Å². The van der Waals surface area contributed by atoms with Crippen LogP contribution in [0.4, 0.5) is 11.4 Å². The number of carbonyl (C=O) groups excluding carboxylic acids is 2. The molecule has 33 heavy (non-hydrogen) atoms. The van der Waals surface area contributed by atoms with Crippen molar-refractivity contribution in [3.63, 3.8) is 0 Å². The zero-order valence-corrected chi connectivity index (χ0v) is 19.0. The molecule has 8 heteroatoms. The number of ether oxygens (including phenoxy) is 1. The second kappa shape index (κ2) is 11.2. The summed E-state index contributed by atoms with van der Waals surface area (Å²) >= 11 is 1.38. The molecule has 1 atom stereocenters. The number of nitrogens with one attached hydrogen (secondary N) is 2. The van der Waals surface area contributed by atoms with E-state index >= 15 is 0 Å². The predicted molar refractivity (Wildman–Crippen MR) is 129 cm³/mol. The van der Waals surface area contributed by atoms with Crippen molar-refractivity contribution in [1.82, 2.24) is 0 Å². The smallest absolute Gasteiger partial charge is 0.336 e. The summed E-state index contributed by atoms with van der Waals surface area (Å²) in [7, 11) is 0. The van der Waals surface area contributed by atoms with Gasteiger partial charge in [0.15, 0.2) is 0 Å². The average molecular weight is 465 g/mol. The number of anilines is 2. The van der Waals surface area contributed by atoms with Crippen LogP contribution in [0.2, 0.25) is 0 Å². The standard InChI is InChI=1S/C25H24N2O5S/c1-3-32-22-11-7-6-10-21(22)27-23(28)16(2)33-18-14-12-17(13-15-18)26-24(29)19-8-4-5-9-20(19)25(30)31/h4-16H,3H2,1-2H3,(H,26,29)(H,27,28)(H,30,31). The van der Waals surface area contributed by atoms with Crippen LogP contribution in [0.1, 0.15) is 34.6 Å². The summed E-state index contributed by atoms with van der Waals surface area (Å²) in [4.78, 5) is 37.3. The number of carbonyl (C=O) groups is 3. The molecule has 3 N–H and O–H groups in total. The number of carboxylic acids is 1. The maximum absolute atomic E-state index is 12.6. The summed E-state index contributed by atoms with van der Waals surface area (Å²) in [5.41, 5.74) is 1.16. The normalized spacial score (nSPS) is 11.3. The molecule has 0 aliphatic rings. The van der Waals surface area contributed by atoms with E-state index in [2.05, 4.69) is 10.6 Å². The SMILES string of the molecule is CCOc1ccccc1NC(=O)C(C)Sc1ccc(NC(=O)c2ccccc2C(=O)O)cc1. The quantitative estimate of drug-likeness (QED) is 0.378. The first-order valence-electron chi connectivity index (χ1n) is 10.3. The zero-order chi connectivity index (χ0) is 23.8. The highest BCUT2D eigenvalue weighted by Gasteiger charge is 2.18. The predicted octanol–water partition coefficient (Wildman–Crippen LogP) is 5.16. The molecule has 0 radical (unpaired) electrons. The van der Waals surface area contributed by atoms with E-state index in [4.69, 9.17) is 4.74 Å². The third kappa shape index (κ3) is 6.36. The van der Waals surface area contributed by atoms with Crippen LogP contribution in [0.5, 0.6) is 5.75 Å². The summed E-state index contributed by atoms with van der Waals surface area (Å²) in [6, 6.07) is 20.3. The number of aromatic carboxylic acids is 1. The van der Waals surface area contributed by atoms with Crippen molar-refractivity contribution in [3.05, 3.63) is 83.9 Å². The Balaban J connectivity index is 1.61. The Morgan fingerprint density at radius 1 is 0.909 bits per heavy atom. The summed E-state index contributed by atoms with van der Waals surface area (Å²) in [5, 5.41) is 14.5. The topological polar surface area (TPSA) is 105 Å². The van der Waals surface area contributed by atoms with Gasteiger partial charge < -0.3 is 20.5 Å². The number of para-hydroxylation sites is 2. The van der Waals surface area contributed by atoms with Crippen molar-refractivity contribution in [3.8, 4) is 5.75 Å². The van der Waals surface area contributed by atoms with Crippen LogP contribution in [0.15, 0.2) is 77.7 Å². The monoisotopic (exact) mass is 464 g/mol. The molecule has 0 heterocycles. The third-order valence-corrected chi connectivity index (χ3v) is 5.75. The van der Waals surface area contributed by atoms with Gasteiger partial charge in [-0.05, 0) is 62.4 Å².